The van der Waals surface area contributed by atoms with E-state index in [9.17, 15) is 0 Å². The van der Waals surface area contributed by atoms with Crippen molar-refractivity contribution >= 4 is 5.69 Å². The van der Waals surface area contributed by atoms with E-state index in [1.165, 1.54) is 0 Å². The molecule has 0 saturated carbocycles. The minimum Gasteiger partial charge on any atom is -0.449 e. The Morgan fingerprint density at radius 3 is 2.60 bits per heavy atom. The number of benzene rings is 1. The summed E-state index contributed by atoms with van der Waals surface area (Å²) in [5.74, 6) is 0.677. The van der Waals surface area contributed by atoms with Gasteiger partial charge in [0.15, 0.2) is 5.89 Å². The molecule has 0 unspecified atom stereocenters. The predicted octanol–water partition coefficient (Wildman–Crippen LogP) is 3.29. The summed E-state index contributed by atoms with van der Waals surface area (Å²) in [6.07, 6.45) is 3.38. The van der Waals surface area contributed by atoms with Crippen molar-refractivity contribution < 1.29 is 4.42 Å². The first-order valence-electron chi connectivity index (χ1n) is 6.47. The fourth-order valence-corrected chi connectivity index (χ4v) is 2.01. The van der Waals surface area contributed by atoms with E-state index in [4.69, 9.17) is 4.42 Å². The Bertz CT molecular complexity index is 697. The Hall–Kier alpha value is -2.56. The molecule has 3 rings (SSSR count). The predicted molar refractivity (Wildman–Crippen MR) is 77.3 cm³/mol. The van der Waals surface area contributed by atoms with E-state index >= 15 is 0 Å². The molecule has 2 aromatic heterocycles. The number of nitrogens with zero attached hydrogens (tertiary/aromatic N) is 2. The number of aromatic nitrogens is 3. The third kappa shape index (κ3) is 2.56. The second-order valence-electron chi connectivity index (χ2n) is 4.66. The number of aromatic amines is 1. The quantitative estimate of drug-likeness (QED) is 0.762. The zero-order valence-electron chi connectivity index (χ0n) is 11.5. The van der Waals surface area contributed by atoms with E-state index in [-0.39, 0.29) is 0 Å². The van der Waals surface area contributed by atoms with E-state index in [0.717, 1.165) is 28.3 Å². The maximum atomic E-state index is 5.22. The first-order valence-corrected chi connectivity index (χ1v) is 6.47. The summed E-state index contributed by atoms with van der Waals surface area (Å²) in [6, 6.07) is 8.11. The van der Waals surface area contributed by atoms with Crippen molar-refractivity contribution in [3.05, 3.63) is 54.1 Å². The molecule has 0 amide bonds. The molecule has 0 radical (unpaired) electrons. The maximum Gasteiger partial charge on any atom is 0.191 e. The highest BCUT2D eigenvalue weighted by molar-refractivity contribution is 5.61. The van der Waals surface area contributed by atoms with Crippen LogP contribution >= 0.6 is 0 Å². The van der Waals surface area contributed by atoms with Crippen molar-refractivity contribution in [2.24, 2.45) is 0 Å². The third-order valence-electron chi connectivity index (χ3n) is 3.19. The number of H-pyrrole nitrogens is 1. The minimum atomic E-state index is 0.677. The van der Waals surface area contributed by atoms with Gasteiger partial charge in [0, 0.05) is 23.9 Å². The van der Waals surface area contributed by atoms with Crippen LogP contribution in [0.3, 0.4) is 0 Å². The molecule has 0 aliphatic carbocycles. The van der Waals surface area contributed by atoms with E-state index in [1.54, 1.807) is 12.6 Å². The standard InChI is InChI=1S/C15H16N4O/c1-10-14(18-9-17-10)7-16-13-5-3-12(4-6-13)15-8-20-11(2)19-15/h3-6,8-9,16H,7H2,1-2H3,(H,17,18). The molecule has 102 valence electrons. The average molecular weight is 268 g/mol. The van der Waals surface area contributed by atoms with E-state index in [0.29, 0.717) is 12.4 Å². The largest absolute Gasteiger partial charge is 0.449 e. The molecule has 5 heteroatoms. The Morgan fingerprint density at radius 1 is 1.20 bits per heavy atom. The number of oxazole rings is 1. The van der Waals surface area contributed by atoms with Gasteiger partial charge in [0.1, 0.15) is 12.0 Å². The SMILES string of the molecule is Cc1nc(-c2ccc(NCc3nc[nH]c3C)cc2)co1. The molecule has 0 bridgehead atoms. The molecule has 20 heavy (non-hydrogen) atoms. The van der Waals surface area contributed by atoms with E-state index < -0.39 is 0 Å². The van der Waals surface area contributed by atoms with Crippen molar-refractivity contribution in [2.45, 2.75) is 20.4 Å². The number of hydrogen-bond donors (Lipinski definition) is 2. The zero-order valence-corrected chi connectivity index (χ0v) is 11.5. The lowest BCUT2D eigenvalue weighted by Gasteiger charge is -2.06. The highest BCUT2D eigenvalue weighted by Gasteiger charge is 2.04. The number of hydrogen-bond acceptors (Lipinski definition) is 4. The monoisotopic (exact) mass is 268 g/mol. The second-order valence-corrected chi connectivity index (χ2v) is 4.66. The minimum absolute atomic E-state index is 0.677. The summed E-state index contributed by atoms with van der Waals surface area (Å²) in [4.78, 5) is 11.6. The van der Waals surface area contributed by atoms with Gasteiger partial charge in [-0.25, -0.2) is 9.97 Å². The Morgan fingerprint density at radius 2 is 2.00 bits per heavy atom. The fraction of sp³-hybridized carbons (Fsp3) is 0.200. The zero-order chi connectivity index (χ0) is 13.9. The van der Waals surface area contributed by atoms with Gasteiger partial charge in [-0.15, -0.1) is 0 Å². The molecule has 0 aliphatic rings. The number of anilines is 1. The van der Waals surface area contributed by atoms with Crippen molar-refractivity contribution in [3.8, 4) is 11.3 Å². The van der Waals surface area contributed by atoms with Crippen LogP contribution in [0, 0.1) is 13.8 Å². The number of nitrogens with one attached hydrogen (secondary N) is 2. The van der Waals surface area contributed by atoms with Gasteiger partial charge in [-0.2, -0.15) is 0 Å². The summed E-state index contributed by atoms with van der Waals surface area (Å²) in [5, 5.41) is 3.35. The lowest BCUT2D eigenvalue weighted by atomic mass is 10.1. The highest BCUT2D eigenvalue weighted by Crippen LogP contribution is 2.21. The van der Waals surface area contributed by atoms with Gasteiger partial charge < -0.3 is 14.7 Å². The fourth-order valence-electron chi connectivity index (χ4n) is 2.01. The Balaban J connectivity index is 1.69. The van der Waals surface area contributed by atoms with Crippen molar-refractivity contribution in [1.82, 2.24) is 15.0 Å². The summed E-state index contributed by atoms with van der Waals surface area (Å²) >= 11 is 0. The normalized spacial score (nSPS) is 10.7. The summed E-state index contributed by atoms with van der Waals surface area (Å²) < 4.78 is 5.22. The molecule has 3 aromatic rings. The van der Waals surface area contributed by atoms with Crippen molar-refractivity contribution in [3.63, 3.8) is 0 Å². The van der Waals surface area contributed by atoms with Crippen LogP contribution in [0.2, 0.25) is 0 Å². The van der Waals surface area contributed by atoms with Gasteiger partial charge in [-0.05, 0) is 19.1 Å². The van der Waals surface area contributed by atoms with Crippen molar-refractivity contribution in [1.29, 1.82) is 0 Å². The number of rotatable bonds is 4. The van der Waals surface area contributed by atoms with Gasteiger partial charge in [-0.1, -0.05) is 12.1 Å². The Kier molecular flexibility index (Phi) is 3.25. The van der Waals surface area contributed by atoms with Gasteiger partial charge >= 0.3 is 0 Å². The van der Waals surface area contributed by atoms with Crippen LogP contribution in [0.15, 0.2) is 41.3 Å². The molecular weight excluding hydrogens is 252 g/mol. The molecule has 0 aliphatic heterocycles. The number of aryl methyl sites for hydroxylation is 2. The molecule has 0 saturated heterocycles. The van der Waals surface area contributed by atoms with Gasteiger partial charge in [0.25, 0.3) is 0 Å². The smallest absolute Gasteiger partial charge is 0.191 e. The van der Waals surface area contributed by atoms with Crippen LogP contribution < -0.4 is 5.32 Å². The first-order chi connectivity index (χ1) is 9.72. The molecule has 0 fully saturated rings. The van der Waals surface area contributed by atoms with Crippen LogP contribution in [0.4, 0.5) is 5.69 Å². The third-order valence-corrected chi connectivity index (χ3v) is 3.19. The van der Waals surface area contributed by atoms with E-state index in [1.807, 2.05) is 38.1 Å². The van der Waals surface area contributed by atoms with E-state index in [2.05, 4.69) is 20.3 Å². The molecule has 0 atom stereocenters. The molecular formula is C15H16N4O. The lowest BCUT2D eigenvalue weighted by molar-refractivity contribution is 0.521. The van der Waals surface area contributed by atoms with Gasteiger partial charge in [-0.3, -0.25) is 0 Å². The second kappa shape index (κ2) is 5.21. The van der Waals surface area contributed by atoms with Crippen molar-refractivity contribution in [2.75, 3.05) is 5.32 Å². The van der Waals surface area contributed by atoms with Gasteiger partial charge in [0.2, 0.25) is 0 Å². The topological polar surface area (TPSA) is 66.7 Å². The molecule has 5 nitrogen and oxygen atoms in total. The van der Waals surface area contributed by atoms with Crippen LogP contribution in [-0.2, 0) is 6.54 Å². The van der Waals surface area contributed by atoms with Crippen LogP contribution in [-0.4, -0.2) is 15.0 Å². The number of imidazole rings is 1. The molecule has 2 N–H and O–H groups in total. The summed E-state index contributed by atoms with van der Waals surface area (Å²) in [5.41, 5.74) is 5.07. The summed E-state index contributed by atoms with van der Waals surface area (Å²) in [7, 11) is 0. The Labute approximate surface area is 117 Å². The van der Waals surface area contributed by atoms with Crippen LogP contribution in [0.25, 0.3) is 11.3 Å². The summed E-state index contributed by atoms with van der Waals surface area (Å²) in [6.45, 7) is 4.56. The maximum absolute atomic E-state index is 5.22. The van der Waals surface area contributed by atoms with Gasteiger partial charge in [0.05, 0.1) is 18.6 Å². The molecule has 0 spiro atoms. The van der Waals surface area contributed by atoms with Crippen LogP contribution in [0.5, 0.6) is 0 Å². The van der Waals surface area contributed by atoms with Crippen LogP contribution in [0.1, 0.15) is 17.3 Å². The highest BCUT2D eigenvalue weighted by atomic mass is 16.3. The lowest BCUT2D eigenvalue weighted by Crippen LogP contribution is -2.01. The molecule has 1 aromatic carbocycles. The first kappa shape index (κ1) is 12.5. The molecule has 2 heterocycles. The average Bonchev–Trinajstić information content (AvgIpc) is 3.06.